The van der Waals surface area contributed by atoms with Crippen LogP contribution in [0.15, 0.2) is 35.7 Å². The fourth-order valence-corrected chi connectivity index (χ4v) is 2.81. The minimum atomic E-state index is -2.80. The molecular formula is C14H15F2NOS. The summed E-state index contributed by atoms with van der Waals surface area (Å²) in [5.74, 6) is 0.181. The maximum atomic E-state index is 12.2. The van der Waals surface area contributed by atoms with E-state index in [2.05, 4.69) is 10.1 Å². The predicted molar refractivity (Wildman–Crippen MR) is 73.0 cm³/mol. The molecular weight excluding hydrogens is 268 g/mol. The van der Waals surface area contributed by atoms with E-state index in [0.717, 1.165) is 11.1 Å². The summed E-state index contributed by atoms with van der Waals surface area (Å²) in [7, 11) is 1.85. The zero-order chi connectivity index (χ0) is 13.8. The van der Waals surface area contributed by atoms with Crippen LogP contribution in [-0.4, -0.2) is 13.7 Å². The van der Waals surface area contributed by atoms with Crippen molar-refractivity contribution in [3.8, 4) is 5.75 Å². The van der Waals surface area contributed by atoms with Crippen LogP contribution in [0.3, 0.4) is 0 Å². The molecule has 0 bridgehead atoms. The summed E-state index contributed by atoms with van der Waals surface area (Å²) in [5, 5.41) is 5.23. The van der Waals surface area contributed by atoms with Crippen LogP contribution in [0, 0.1) is 6.92 Å². The first-order chi connectivity index (χ1) is 9.11. The zero-order valence-electron chi connectivity index (χ0n) is 10.7. The Morgan fingerprint density at radius 1 is 1.26 bits per heavy atom. The van der Waals surface area contributed by atoms with E-state index >= 15 is 0 Å². The highest BCUT2D eigenvalue weighted by Gasteiger charge is 2.16. The zero-order valence-corrected chi connectivity index (χ0v) is 11.5. The summed E-state index contributed by atoms with van der Waals surface area (Å²) in [6, 6.07) is 8.82. The molecule has 1 aromatic carbocycles. The monoisotopic (exact) mass is 283 g/mol. The lowest BCUT2D eigenvalue weighted by molar-refractivity contribution is -0.0498. The molecule has 0 aliphatic heterocycles. The molecule has 0 aliphatic carbocycles. The van der Waals surface area contributed by atoms with Crippen molar-refractivity contribution in [2.24, 2.45) is 0 Å². The van der Waals surface area contributed by atoms with Crippen molar-refractivity contribution in [1.82, 2.24) is 5.32 Å². The van der Waals surface area contributed by atoms with Crippen LogP contribution in [0.2, 0.25) is 0 Å². The minimum absolute atomic E-state index is 0.0209. The van der Waals surface area contributed by atoms with Gasteiger partial charge in [-0.1, -0.05) is 12.1 Å². The Morgan fingerprint density at radius 2 is 2.05 bits per heavy atom. The summed E-state index contributed by atoms with van der Waals surface area (Å²) in [6.07, 6.45) is 0. The SMILES string of the molecule is CNC(c1cccc(OC(F)F)c1)c1ccsc1C. The third-order valence-corrected chi connectivity index (χ3v) is 3.78. The molecule has 1 heterocycles. The first-order valence-corrected chi connectivity index (χ1v) is 6.76. The maximum absolute atomic E-state index is 12.2. The van der Waals surface area contributed by atoms with Crippen LogP contribution in [-0.2, 0) is 0 Å². The Morgan fingerprint density at radius 3 is 2.63 bits per heavy atom. The lowest BCUT2D eigenvalue weighted by Crippen LogP contribution is -2.18. The Labute approximate surface area is 115 Å². The third kappa shape index (κ3) is 3.30. The second-order valence-corrected chi connectivity index (χ2v) is 5.23. The number of benzene rings is 1. The molecule has 0 aliphatic rings. The second kappa shape index (κ2) is 6.12. The number of hydrogen-bond donors (Lipinski definition) is 1. The lowest BCUT2D eigenvalue weighted by atomic mass is 9.99. The topological polar surface area (TPSA) is 21.3 Å². The molecule has 5 heteroatoms. The highest BCUT2D eigenvalue weighted by Crippen LogP contribution is 2.29. The summed E-state index contributed by atoms with van der Waals surface area (Å²) in [4.78, 5) is 1.21. The predicted octanol–water partition coefficient (Wildman–Crippen LogP) is 3.97. The highest BCUT2D eigenvalue weighted by atomic mass is 32.1. The van der Waals surface area contributed by atoms with Crippen molar-refractivity contribution in [3.63, 3.8) is 0 Å². The molecule has 0 amide bonds. The number of ether oxygens (including phenoxy) is 1. The van der Waals surface area contributed by atoms with Crippen LogP contribution in [0.4, 0.5) is 8.78 Å². The van der Waals surface area contributed by atoms with Gasteiger partial charge < -0.3 is 10.1 Å². The molecule has 102 valence electrons. The van der Waals surface area contributed by atoms with E-state index in [-0.39, 0.29) is 11.8 Å². The molecule has 2 aromatic rings. The van der Waals surface area contributed by atoms with Gasteiger partial charge >= 0.3 is 6.61 Å². The molecule has 1 unspecified atom stereocenters. The fourth-order valence-electron chi connectivity index (χ4n) is 2.07. The van der Waals surface area contributed by atoms with Crippen LogP contribution in [0.25, 0.3) is 0 Å². The molecule has 2 rings (SSSR count). The molecule has 19 heavy (non-hydrogen) atoms. The van der Waals surface area contributed by atoms with Gasteiger partial charge in [0.15, 0.2) is 0 Å². The number of thiophene rings is 1. The molecule has 1 N–H and O–H groups in total. The van der Waals surface area contributed by atoms with Gasteiger partial charge in [0.1, 0.15) is 5.75 Å². The summed E-state index contributed by atoms with van der Waals surface area (Å²) >= 11 is 1.67. The van der Waals surface area contributed by atoms with E-state index in [1.54, 1.807) is 23.5 Å². The Hall–Kier alpha value is -1.46. The van der Waals surface area contributed by atoms with E-state index in [9.17, 15) is 8.78 Å². The smallest absolute Gasteiger partial charge is 0.387 e. The quantitative estimate of drug-likeness (QED) is 0.896. The van der Waals surface area contributed by atoms with Gasteiger partial charge in [0.05, 0.1) is 6.04 Å². The summed E-state index contributed by atoms with van der Waals surface area (Å²) < 4.78 is 28.9. The van der Waals surface area contributed by atoms with Crippen LogP contribution in [0.1, 0.15) is 22.0 Å². The molecule has 0 saturated carbocycles. The largest absolute Gasteiger partial charge is 0.435 e. The minimum Gasteiger partial charge on any atom is -0.435 e. The average Bonchev–Trinajstić information content (AvgIpc) is 2.77. The number of halogens is 2. The van der Waals surface area contributed by atoms with Crippen molar-refractivity contribution in [3.05, 3.63) is 51.7 Å². The Bertz CT molecular complexity index is 542. The number of hydrogen-bond acceptors (Lipinski definition) is 3. The van der Waals surface area contributed by atoms with Gasteiger partial charge in [-0.05, 0) is 48.7 Å². The molecule has 0 fully saturated rings. The third-order valence-electron chi connectivity index (χ3n) is 2.92. The van der Waals surface area contributed by atoms with Crippen molar-refractivity contribution >= 4 is 11.3 Å². The van der Waals surface area contributed by atoms with Crippen molar-refractivity contribution in [2.75, 3.05) is 7.05 Å². The molecule has 1 aromatic heterocycles. The van der Waals surface area contributed by atoms with E-state index < -0.39 is 6.61 Å². The first-order valence-electron chi connectivity index (χ1n) is 5.88. The molecule has 0 saturated heterocycles. The van der Waals surface area contributed by atoms with Gasteiger partial charge in [-0.2, -0.15) is 8.78 Å². The van der Waals surface area contributed by atoms with E-state index in [0.29, 0.717) is 0 Å². The van der Waals surface area contributed by atoms with Gasteiger partial charge in [-0.3, -0.25) is 0 Å². The van der Waals surface area contributed by atoms with Crippen LogP contribution in [0.5, 0.6) is 5.75 Å². The molecule has 0 spiro atoms. The Balaban J connectivity index is 2.31. The first kappa shape index (κ1) is 14.0. The van der Waals surface area contributed by atoms with E-state index in [1.165, 1.54) is 10.9 Å². The molecule has 2 nitrogen and oxygen atoms in total. The Kier molecular flexibility index (Phi) is 4.50. The van der Waals surface area contributed by atoms with Gasteiger partial charge in [0.2, 0.25) is 0 Å². The van der Waals surface area contributed by atoms with Gasteiger partial charge in [-0.25, -0.2) is 0 Å². The highest BCUT2D eigenvalue weighted by molar-refractivity contribution is 7.10. The summed E-state index contributed by atoms with van der Waals surface area (Å²) in [5.41, 5.74) is 2.06. The second-order valence-electron chi connectivity index (χ2n) is 4.10. The van der Waals surface area contributed by atoms with Crippen molar-refractivity contribution in [2.45, 2.75) is 19.6 Å². The normalized spacial score (nSPS) is 12.7. The van der Waals surface area contributed by atoms with Gasteiger partial charge in [0.25, 0.3) is 0 Å². The summed E-state index contributed by atoms with van der Waals surface area (Å²) in [6.45, 7) is -0.754. The number of alkyl halides is 2. The molecule has 1 atom stereocenters. The van der Waals surface area contributed by atoms with E-state index in [4.69, 9.17) is 0 Å². The average molecular weight is 283 g/mol. The van der Waals surface area contributed by atoms with E-state index in [1.807, 2.05) is 31.5 Å². The van der Waals surface area contributed by atoms with Crippen molar-refractivity contribution in [1.29, 1.82) is 0 Å². The van der Waals surface area contributed by atoms with Gasteiger partial charge in [-0.15, -0.1) is 11.3 Å². The standard InChI is InChI=1S/C14H15F2NOS/c1-9-12(6-7-19-9)13(17-2)10-4-3-5-11(8-10)18-14(15)16/h3-8,13-14,17H,1-2H3. The lowest BCUT2D eigenvalue weighted by Gasteiger charge is -2.18. The van der Waals surface area contributed by atoms with Crippen LogP contribution >= 0.6 is 11.3 Å². The van der Waals surface area contributed by atoms with Crippen molar-refractivity contribution < 1.29 is 13.5 Å². The number of rotatable bonds is 5. The number of nitrogens with one attached hydrogen (secondary N) is 1. The van der Waals surface area contributed by atoms with Gasteiger partial charge in [0, 0.05) is 4.88 Å². The molecule has 0 radical (unpaired) electrons. The van der Waals surface area contributed by atoms with Crippen LogP contribution < -0.4 is 10.1 Å². The fraction of sp³-hybridized carbons (Fsp3) is 0.286. The maximum Gasteiger partial charge on any atom is 0.387 e. The number of aryl methyl sites for hydroxylation is 1.